The molecule has 2 aliphatic rings. The maximum Gasteiger partial charge on any atom is 0.344 e. The van der Waals surface area contributed by atoms with Crippen LogP contribution in [0.15, 0.2) is 24.3 Å². The molecule has 0 aromatic heterocycles. The summed E-state index contributed by atoms with van der Waals surface area (Å²) in [5.41, 5.74) is 3.17. The molecule has 0 saturated carbocycles. The molecule has 1 aromatic carbocycles. The van der Waals surface area contributed by atoms with Gasteiger partial charge in [-0.3, -0.25) is 24.7 Å². The fourth-order valence-electron chi connectivity index (χ4n) is 3.46. The first-order valence-corrected chi connectivity index (χ1v) is 9.78. The first kappa shape index (κ1) is 20.8. The van der Waals surface area contributed by atoms with Gasteiger partial charge in [0.1, 0.15) is 5.54 Å². The number of nitrogens with one attached hydrogen (secondary N) is 2. The largest absolute Gasteiger partial charge is 0.369 e. The second kappa shape index (κ2) is 8.20. The molecule has 1 unspecified atom stereocenters. The Morgan fingerprint density at radius 3 is 2.24 bits per heavy atom. The molecular formula is C20H27N5O4. The Hall–Kier alpha value is -2.94. The Balaban J connectivity index is 1.49. The molecule has 2 fully saturated rings. The smallest absolute Gasteiger partial charge is 0.344 e. The van der Waals surface area contributed by atoms with E-state index < -0.39 is 23.4 Å². The summed E-state index contributed by atoms with van der Waals surface area (Å²) in [5, 5.41) is 3.38. The molecule has 9 heteroatoms. The SMILES string of the molecule is CCC1(C)NC(=O)N(NC(=O)CN2CCN(c3ccc(C(C)=O)cc3)CC2)C1=O. The molecule has 4 amide bonds. The zero-order chi connectivity index (χ0) is 21.2. The normalized spacial score (nSPS) is 22.6. The van der Waals surface area contributed by atoms with Crippen molar-refractivity contribution in [1.82, 2.24) is 20.7 Å². The number of Topliss-reactive ketones (excluding diaryl/α,β-unsaturated/α-hetero) is 1. The van der Waals surface area contributed by atoms with Gasteiger partial charge in [0.15, 0.2) is 5.78 Å². The van der Waals surface area contributed by atoms with E-state index in [0.29, 0.717) is 25.1 Å². The number of ketones is 1. The van der Waals surface area contributed by atoms with Crippen molar-refractivity contribution in [2.24, 2.45) is 0 Å². The molecule has 2 saturated heterocycles. The zero-order valence-electron chi connectivity index (χ0n) is 17.0. The van der Waals surface area contributed by atoms with E-state index >= 15 is 0 Å². The summed E-state index contributed by atoms with van der Waals surface area (Å²) in [6.45, 7) is 7.92. The minimum Gasteiger partial charge on any atom is -0.369 e. The maximum atomic E-state index is 12.3. The van der Waals surface area contributed by atoms with Crippen LogP contribution in [0, 0.1) is 0 Å². The van der Waals surface area contributed by atoms with Crippen LogP contribution in [0.2, 0.25) is 0 Å². The van der Waals surface area contributed by atoms with Gasteiger partial charge in [-0.15, -0.1) is 0 Å². The van der Waals surface area contributed by atoms with Crippen molar-refractivity contribution >= 4 is 29.3 Å². The first-order valence-electron chi connectivity index (χ1n) is 9.78. The number of piperazine rings is 1. The highest BCUT2D eigenvalue weighted by molar-refractivity contribution is 6.07. The number of rotatable bonds is 6. The van der Waals surface area contributed by atoms with E-state index in [1.807, 2.05) is 29.2 Å². The second-order valence-electron chi connectivity index (χ2n) is 7.66. The summed E-state index contributed by atoms with van der Waals surface area (Å²) >= 11 is 0. The Morgan fingerprint density at radius 1 is 1.10 bits per heavy atom. The third-order valence-corrected chi connectivity index (χ3v) is 5.58. The van der Waals surface area contributed by atoms with Gasteiger partial charge in [-0.1, -0.05) is 6.92 Å². The van der Waals surface area contributed by atoms with Crippen LogP contribution < -0.4 is 15.6 Å². The average molecular weight is 401 g/mol. The van der Waals surface area contributed by atoms with Crippen molar-refractivity contribution < 1.29 is 19.2 Å². The van der Waals surface area contributed by atoms with Crippen LogP contribution in [0.1, 0.15) is 37.6 Å². The van der Waals surface area contributed by atoms with Crippen molar-refractivity contribution in [3.63, 3.8) is 0 Å². The quantitative estimate of drug-likeness (QED) is 0.539. The summed E-state index contributed by atoms with van der Waals surface area (Å²) in [6.07, 6.45) is 0.444. The lowest BCUT2D eigenvalue weighted by atomic mass is 10.00. The number of carbonyl (C=O) groups is 4. The lowest BCUT2D eigenvalue weighted by Gasteiger charge is -2.35. The van der Waals surface area contributed by atoms with Crippen LogP contribution in [0.5, 0.6) is 0 Å². The summed E-state index contributed by atoms with van der Waals surface area (Å²) in [6, 6.07) is 6.90. The molecule has 156 valence electrons. The number of urea groups is 1. The fourth-order valence-corrected chi connectivity index (χ4v) is 3.46. The van der Waals surface area contributed by atoms with E-state index in [1.54, 1.807) is 20.8 Å². The molecule has 0 bridgehead atoms. The molecule has 0 radical (unpaired) electrons. The van der Waals surface area contributed by atoms with Crippen LogP contribution in [0.25, 0.3) is 0 Å². The van der Waals surface area contributed by atoms with E-state index in [0.717, 1.165) is 23.8 Å². The topological polar surface area (TPSA) is 102 Å². The molecule has 1 aromatic rings. The molecule has 0 aliphatic carbocycles. The van der Waals surface area contributed by atoms with Gasteiger partial charge < -0.3 is 10.2 Å². The summed E-state index contributed by atoms with van der Waals surface area (Å²) in [4.78, 5) is 52.2. The Bertz CT molecular complexity index is 817. The first-order chi connectivity index (χ1) is 13.7. The summed E-state index contributed by atoms with van der Waals surface area (Å²) < 4.78 is 0. The molecule has 2 N–H and O–H groups in total. The van der Waals surface area contributed by atoms with Crippen molar-refractivity contribution in [1.29, 1.82) is 0 Å². The third kappa shape index (κ3) is 4.40. The Labute approximate surface area is 170 Å². The number of imide groups is 1. The minimum absolute atomic E-state index is 0.0387. The fraction of sp³-hybridized carbons (Fsp3) is 0.500. The van der Waals surface area contributed by atoms with Gasteiger partial charge in [0.2, 0.25) is 0 Å². The van der Waals surface area contributed by atoms with Gasteiger partial charge in [-0.05, 0) is 44.5 Å². The third-order valence-electron chi connectivity index (χ3n) is 5.58. The molecule has 2 heterocycles. The maximum absolute atomic E-state index is 12.3. The number of carbonyl (C=O) groups excluding carboxylic acids is 4. The number of benzene rings is 1. The van der Waals surface area contributed by atoms with Gasteiger partial charge in [-0.25, -0.2) is 4.79 Å². The van der Waals surface area contributed by atoms with Crippen LogP contribution in [-0.4, -0.2) is 71.8 Å². The molecule has 1 atom stereocenters. The predicted molar refractivity (Wildman–Crippen MR) is 107 cm³/mol. The number of hydrogen-bond donors (Lipinski definition) is 2. The Kier molecular flexibility index (Phi) is 5.88. The van der Waals surface area contributed by atoms with Gasteiger partial charge in [0.25, 0.3) is 11.8 Å². The van der Waals surface area contributed by atoms with Crippen molar-refractivity contribution in [2.75, 3.05) is 37.6 Å². The van der Waals surface area contributed by atoms with Crippen molar-refractivity contribution in [3.8, 4) is 0 Å². The van der Waals surface area contributed by atoms with E-state index in [4.69, 9.17) is 0 Å². The molecule has 29 heavy (non-hydrogen) atoms. The Morgan fingerprint density at radius 2 is 1.72 bits per heavy atom. The minimum atomic E-state index is -0.978. The monoisotopic (exact) mass is 401 g/mol. The van der Waals surface area contributed by atoms with Crippen LogP contribution >= 0.6 is 0 Å². The number of hydrogen-bond acceptors (Lipinski definition) is 6. The van der Waals surface area contributed by atoms with Crippen LogP contribution in [0.4, 0.5) is 10.5 Å². The number of anilines is 1. The van der Waals surface area contributed by atoms with Gasteiger partial charge in [0.05, 0.1) is 6.54 Å². The van der Waals surface area contributed by atoms with Crippen LogP contribution in [0.3, 0.4) is 0 Å². The highest BCUT2D eigenvalue weighted by atomic mass is 16.2. The molecule has 2 aliphatic heterocycles. The molecule has 3 rings (SSSR count). The van der Waals surface area contributed by atoms with Crippen molar-refractivity contribution in [3.05, 3.63) is 29.8 Å². The highest BCUT2D eigenvalue weighted by Gasteiger charge is 2.47. The average Bonchev–Trinajstić information content (AvgIpc) is 2.92. The van der Waals surface area contributed by atoms with E-state index in [2.05, 4.69) is 15.6 Å². The number of amides is 4. The lowest BCUT2D eigenvalue weighted by molar-refractivity contribution is -0.139. The van der Waals surface area contributed by atoms with Crippen molar-refractivity contribution in [2.45, 2.75) is 32.7 Å². The predicted octanol–water partition coefficient (Wildman–Crippen LogP) is 0.763. The second-order valence-corrected chi connectivity index (χ2v) is 7.66. The van der Waals surface area contributed by atoms with Gasteiger partial charge in [-0.2, -0.15) is 5.01 Å². The van der Waals surface area contributed by atoms with E-state index in [9.17, 15) is 19.2 Å². The van der Waals surface area contributed by atoms with Gasteiger partial charge >= 0.3 is 6.03 Å². The molecule has 0 spiro atoms. The summed E-state index contributed by atoms with van der Waals surface area (Å²) in [5.74, 6) is -0.804. The van der Waals surface area contributed by atoms with Crippen LogP contribution in [-0.2, 0) is 9.59 Å². The highest BCUT2D eigenvalue weighted by Crippen LogP contribution is 2.20. The lowest BCUT2D eigenvalue weighted by Crippen LogP contribution is -2.54. The standard InChI is InChI=1S/C20H27N5O4/c1-4-20(3)18(28)25(19(29)21-20)22-17(27)13-23-9-11-24(12-10-23)16-7-5-15(6-8-16)14(2)26/h5-8H,4,9-13H2,1-3H3,(H,21,29)(H,22,27). The number of hydrazine groups is 1. The molecule has 9 nitrogen and oxygen atoms in total. The summed E-state index contributed by atoms with van der Waals surface area (Å²) in [7, 11) is 0. The number of nitrogens with zero attached hydrogens (tertiary/aromatic N) is 3. The zero-order valence-corrected chi connectivity index (χ0v) is 17.0. The van der Waals surface area contributed by atoms with Gasteiger partial charge in [0, 0.05) is 37.4 Å². The molecular weight excluding hydrogens is 374 g/mol. The van der Waals surface area contributed by atoms with E-state index in [1.165, 1.54) is 0 Å². The van der Waals surface area contributed by atoms with E-state index in [-0.39, 0.29) is 12.3 Å².